The molecule has 64 valence electrons. The fraction of sp³-hybridized carbons (Fsp3) is 0.600. The van der Waals surface area contributed by atoms with E-state index in [2.05, 4.69) is 20.0 Å². The SMILES string of the molecule is CNC(=O)O/C(CCl)=N/OC. The predicted octanol–water partition coefficient (Wildman–Crippen LogP) is 0.541. The van der Waals surface area contributed by atoms with Crippen molar-refractivity contribution in [1.82, 2.24) is 5.32 Å². The molecule has 5 nitrogen and oxygen atoms in total. The van der Waals surface area contributed by atoms with E-state index in [1.807, 2.05) is 0 Å². The second-order valence-electron chi connectivity index (χ2n) is 1.44. The van der Waals surface area contributed by atoms with Crippen molar-refractivity contribution in [3.8, 4) is 0 Å². The Kier molecular flexibility index (Phi) is 5.28. The minimum Gasteiger partial charge on any atom is -0.396 e. The molecule has 0 aliphatic carbocycles. The van der Waals surface area contributed by atoms with Gasteiger partial charge in [0.1, 0.15) is 13.0 Å². The number of ether oxygens (including phenoxy) is 1. The van der Waals surface area contributed by atoms with Crippen LogP contribution in [0.3, 0.4) is 0 Å². The lowest BCUT2D eigenvalue weighted by atomic mass is 10.8. The number of rotatable bonds is 2. The number of halogens is 1. The summed E-state index contributed by atoms with van der Waals surface area (Å²) in [5, 5.41) is 5.56. The molecule has 0 fully saturated rings. The highest BCUT2D eigenvalue weighted by Gasteiger charge is 2.04. The summed E-state index contributed by atoms with van der Waals surface area (Å²) < 4.78 is 4.53. The topological polar surface area (TPSA) is 59.9 Å². The molecule has 6 heteroatoms. The Morgan fingerprint density at radius 1 is 1.73 bits per heavy atom. The summed E-state index contributed by atoms with van der Waals surface area (Å²) >= 11 is 5.33. The minimum absolute atomic E-state index is 0.0126. The summed E-state index contributed by atoms with van der Waals surface area (Å²) in [6.07, 6.45) is -0.624. The molecular weight excluding hydrogens is 172 g/mol. The highest BCUT2D eigenvalue weighted by Crippen LogP contribution is 1.88. The lowest BCUT2D eigenvalue weighted by Crippen LogP contribution is -2.23. The number of hydrogen-bond acceptors (Lipinski definition) is 4. The molecule has 0 aliphatic heterocycles. The van der Waals surface area contributed by atoms with Crippen LogP contribution >= 0.6 is 11.6 Å². The molecule has 0 aromatic carbocycles. The smallest absolute Gasteiger partial charge is 0.396 e. The van der Waals surface area contributed by atoms with Gasteiger partial charge in [0, 0.05) is 7.05 Å². The standard InChI is InChI=1S/C5H9ClN2O3/c1-7-5(9)11-4(3-6)8-10-2/h3H2,1-2H3,(H,7,9)/b8-4+. The molecule has 0 aromatic heterocycles. The first-order valence-electron chi connectivity index (χ1n) is 2.80. The van der Waals surface area contributed by atoms with Crippen molar-refractivity contribution in [2.45, 2.75) is 0 Å². The van der Waals surface area contributed by atoms with Gasteiger partial charge in [-0.15, -0.1) is 11.6 Å². The number of hydrogen-bond donors (Lipinski definition) is 1. The Labute approximate surface area is 69.3 Å². The van der Waals surface area contributed by atoms with Crippen molar-refractivity contribution in [3.63, 3.8) is 0 Å². The first-order chi connectivity index (χ1) is 5.24. The van der Waals surface area contributed by atoms with E-state index in [1.165, 1.54) is 14.2 Å². The van der Waals surface area contributed by atoms with Crippen molar-refractivity contribution < 1.29 is 14.4 Å². The molecule has 1 amide bonds. The number of alkyl halides is 1. The molecule has 0 aliphatic rings. The van der Waals surface area contributed by atoms with Crippen LogP contribution < -0.4 is 5.32 Å². The van der Waals surface area contributed by atoms with Crippen molar-refractivity contribution in [1.29, 1.82) is 0 Å². The zero-order valence-electron chi connectivity index (χ0n) is 6.26. The highest BCUT2D eigenvalue weighted by atomic mass is 35.5. The summed E-state index contributed by atoms with van der Waals surface area (Å²) in [6.45, 7) is 0. The average molecular weight is 181 g/mol. The zero-order valence-corrected chi connectivity index (χ0v) is 7.01. The predicted molar refractivity (Wildman–Crippen MR) is 40.7 cm³/mol. The third-order valence-corrected chi connectivity index (χ3v) is 0.951. The Morgan fingerprint density at radius 3 is 2.73 bits per heavy atom. The van der Waals surface area contributed by atoms with Crippen LogP contribution in [0, 0.1) is 0 Å². The molecule has 0 unspecified atom stereocenters. The second kappa shape index (κ2) is 5.79. The molecule has 1 N–H and O–H groups in total. The Bertz CT molecular complexity index is 160. The van der Waals surface area contributed by atoms with Crippen LogP contribution in [0.5, 0.6) is 0 Å². The van der Waals surface area contributed by atoms with Gasteiger partial charge in [-0.25, -0.2) is 4.79 Å². The lowest BCUT2D eigenvalue weighted by Gasteiger charge is -2.01. The monoisotopic (exact) mass is 180 g/mol. The fourth-order valence-corrected chi connectivity index (χ4v) is 0.434. The van der Waals surface area contributed by atoms with E-state index in [4.69, 9.17) is 11.6 Å². The largest absolute Gasteiger partial charge is 0.413 e. The van der Waals surface area contributed by atoms with E-state index in [1.54, 1.807) is 0 Å². The van der Waals surface area contributed by atoms with Crippen LogP contribution in [-0.4, -0.2) is 32.0 Å². The summed E-state index contributed by atoms with van der Waals surface area (Å²) in [6, 6.07) is 0. The van der Waals surface area contributed by atoms with E-state index >= 15 is 0 Å². The van der Waals surface area contributed by atoms with E-state index in [-0.39, 0.29) is 11.8 Å². The second-order valence-corrected chi connectivity index (χ2v) is 1.71. The first-order valence-corrected chi connectivity index (χ1v) is 3.33. The molecule has 0 bridgehead atoms. The molecule has 0 spiro atoms. The van der Waals surface area contributed by atoms with Crippen molar-refractivity contribution >= 4 is 23.6 Å². The lowest BCUT2D eigenvalue weighted by molar-refractivity contribution is 0.180. The summed E-state index contributed by atoms with van der Waals surface area (Å²) in [4.78, 5) is 14.9. The Balaban J connectivity index is 3.87. The summed E-state index contributed by atoms with van der Waals surface area (Å²) in [5.74, 6) is 0.00914. The molecule has 0 saturated heterocycles. The molecule has 0 saturated carbocycles. The minimum atomic E-state index is -0.624. The van der Waals surface area contributed by atoms with Crippen LogP contribution in [0.25, 0.3) is 0 Å². The van der Waals surface area contributed by atoms with Gasteiger partial charge in [-0.05, 0) is 0 Å². The van der Waals surface area contributed by atoms with Gasteiger partial charge in [-0.3, -0.25) is 0 Å². The number of alkyl carbamates (subject to hydrolysis) is 1. The highest BCUT2D eigenvalue weighted by molar-refractivity contribution is 6.27. The third kappa shape index (κ3) is 4.44. The van der Waals surface area contributed by atoms with Gasteiger partial charge in [0.05, 0.1) is 0 Å². The van der Waals surface area contributed by atoms with Gasteiger partial charge in [0.15, 0.2) is 0 Å². The van der Waals surface area contributed by atoms with E-state index in [0.29, 0.717) is 0 Å². The van der Waals surface area contributed by atoms with Crippen LogP contribution in [0.2, 0.25) is 0 Å². The maximum absolute atomic E-state index is 10.5. The zero-order chi connectivity index (χ0) is 8.69. The van der Waals surface area contributed by atoms with E-state index < -0.39 is 6.09 Å². The maximum atomic E-state index is 10.5. The Morgan fingerprint density at radius 2 is 2.36 bits per heavy atom. The van der Waals surface area contributed by atoms with E-state index in [9.17, 15) is 4.79 Å². The van der Waals surface area contributed by atoms with Gasteiger partial charge in [-0.2, -0.15) is 0 Å². The van der Waals surface area contributed by atoms with Crippen LogP contribution in [0.4, 0.5) is 4.79 Å². The van der Waals surface area contributed by atoms with Crippen LogP contribution in [-0.2, 0) is 9.57 Å². The average Bonchev–Trinajstić information content (AvgIpc) is 2.03. The summed E-state index contributed by atoms with van der Waals surface area (Å²) in [7, 11) is 2.76. The first kappa shape index (κ1) is 10.0. The summed E-state index contributed by atoms with van der Waals surface area (Å²) in [5.41, 5.74) is 0. The third-order valence-electron chi connectivity index (χ3n) is 0.722. The van der Waals surface area contributed by atoms with Crippen LogP contribution in [0.15, 0.2) is 5.16 Å². The molecule has 0 aromatic rings. The molecule has 11 heavy (non-hydrogen) atoms. The maximum Gasteiger partial charge on any atom is 0.413 e. The molecule has 0 radical (unpaired) electrons. The quantitative estimate of drug-likeness (QED) is 0.292. The molecular formula is C5H9ClN2O3. The normalized spacial score (nSPS) is 10.6. The Hall–Kier alpha value is -0.970. The van der Waals surface area contributed by atoms with Gasteiger partial charge in [-0.1, -0.05) is 5.16 Å². The van der Waals surface area contributed by atoms with Crippen molar-refractivity contribution in [3.05, 3.63) is 0 Å². The van der Waals surface area contributed by atoms with Crippen molar-refractivity contribution in [2.24, 2.45) is 5.16 Å². The van der Waals surface area contributed by atoms with Gasteiger partial charge >= 0.3 is 6.09 Å². The number of nitrogens with one attached hydrogen (secondary N) is 1. The number of carbonyl (C=O) groups excluding carboxylic acids is 1. The number of nitrogens with zero attached hydrogens (tertiary/aromatic N) is 1. The van der Waals surface area contributed by atoms with Gasteiger partial charge in [0.25, 0.3) is 5.90 Å². The number of carbonyl (C=O) groups is 1. The number of amides is 1. The number of oxime groups is 1. The van der Waals surface area contributed by atoms with Crippen molar-refractivity contribution in [2.75, 3.05) is 20.0 Å². The fourth-order valence-electron chi connectivity index (χ4n) is 0.330. The van der Waals surface area contributed by atoms with Gasteiger partial charge in [0.2, 0.25) is 0 Å². The van der Waals surface area contributed by atoms with Crippen LogP contribution in [0.1, 0.15) is 0 Å². The molecule has 0 rings (SSSR count). The van der Waals surface area contributed by atoms with Gasteiger partial charge < -0.3 is 14.9 Å². The van der Waals surface area contributed by atoms with E-state index in [0.717, 1.165) is 0 Å². The molecule has 0 heterocycles. The molecule has 0 atom stereocenters.